The van der Waals surface area contributed by atoms with Gasteiger partial charge in [0.05, 0.1) is 31.5 Å². The van der Waals surface area contributed by atoms with Gasteiger partial charge in [-0.3, -0.25) is 0 Å². The van der Waals surface area contributed by atoms with Crippen LogP contribution in [0.25, 0.3) is 11.0 Å². The van der Waals surface area contributed by atoms with Crippen molar-refractivity contribution in [3.05, 3.63) is 41.3 Å². The highest BCUT2D eigenvalue weighted by atomic mass is 16.5. The summed E-state index contributed by atoms with van der Waals surface area (Å²) in [6.07, 6.45) is 0. The number of fused-ring (bicyclic) bond motifs is 1. The van der Waals surface area contributed by atoms with Gasteiger partial charge in [0, 0.05) is 19.0 Å². The number of hydrogen-bond acceptors (Lipinski definition) is 5. The van der Waals surface area contributed by atoms with E-state index in [4.69, 9.17) is 13.9 Å². The Kier molecular flexibility index (Phi) is 4.49. The van der Waals surface area contributed by atoms with Gasteiger partial charge in [0.1, 0.15) is 5.76 Å². The molecule has 1 N–H and O–H groups in total. The Hall–Kier alpha value is -2.47. The number of aryl methyl sites for hydroxylation is 2. The zero-order valence-corrected chi connectivity index (χ0v) is 14.7. The average molecular weight is 329 g/mol. The maximum absolute atomic E-state index is 5.99. The van der Waals surface area contributed by atoms with E-state index in [0.29, 0.717) is 6.54 Å². The molecule has 128 valence electrons. The van der Waals surface area contributed by atoms with Gasteiger partial charge < -0.3 is 19.2 Å². The van der Waals surface area contributed by atoms with E-state index in [9.17, 15) is 0 Å². The first kappa shape index (κ1) is 16.4. The summed E-state index contributed by atoms with van der Waals surface area (Å²) in [5.74, 6) is 2.39. The summed E-state index contributed by atoms with van der Waals surface area (Å²) >= 11 is 0. The molecule has 2 heterocycles. The summed E-state index contributed by atoms with van der Waals surface area (Å²) in [5, 5.41) is 8.91. The Morgan fingerprint density at radius 2 is 2.08 bits per heavy atom. The lowest BCUT2D eigenvalue weighted by molar-refractivity contribution is 0.365. The quantitative estimate of drug-likeness (QED) is 0.751. The Bertz CT molecular complexity index is 851. The number of hydrogen-bond donors (Lipinski definition) is 1. The normalized spacial score (nSPS) is 12.5. The molecular weight excluding hydrogens is 306 g/mol. The van der Waals surface area contributed by atoms with Crippen LogP contribution < -0.4 is 14.8 Å². The van der Waals surface area contributed by atoms with E-state index in [1.54, 1.807) is 18.9 Å². The Morgan fingerprint density at radius 3 is 2.79 bits per heavy atom. The zero-order chi connectivity index (χ0) is 17.3. The highest BCUT2D eigenvalue weighted by molar-refractivity contribution is 5.83. The molecule has 0 aliphatic rings. The molecule has 3 rings (SSSR count). The minimum atomic E-state index is 0.0476. The first-order valence-electron chi connectivity index (χ1n) is 7.91. The van der Waals surface area contributed by atoms with Crippen LogP contribution in [0.3, 0.4) is 0 Å². The molecule has 0 saturated heterocycles. The van der Waals surface area contributed by atoms with Crippen molar-refractivity contribution in [1.82, 2.24) is 15.1 Å². The second-order valence-electron chi connectivity index (χ2n) is 5.83. The maximum Gasteiger partial charge on any atom is 0.216 e. The van der Waals surface area contributed by atoms with Gasteiger partial charge in [0.2, 0.25) is 5.88 Å². The van der Waals surface area contributed by atoms with Crippen LogP contribution in [0.2, 0.25) is 0 Å². The molecule has 0 amide bonds. The molecule has 1 aromatic carbocycles. The molecule has 0 fully saturated rings. The van der Waals surface area contributed by atoms with E-state index in [0.717, 1.165) is 39.6 Å². The maximum atomic E-state index is 5.99. The topological polar surface area (TPSA) is 61.5 Å². The van der Waals surface area contributed by atoms with Crippen LogP contribution in [0.15, 0.2) is 28.7 Å². The zero-order valence-electron chi connectivity index (χ0n) is 14.7. The lowest BCUT2D eigenvalue weighted by Crippen LogP contribution is -2.18. The predicted octanol–water partition coefficient (Wildman–Crippen LogP) is 3.34. The number of ether oxygens (including phenoxy) is 2. The molecule has 1 atom stereocenters. The van der Waals surface area contributed by atoms with Crippen molar-refractivity contribution < 1.29 is 13.9 Å². The minimum absolute atomic E-state index is 0.0476. The van der Waals surface area contributed by atoms with Gasteiger partial charge in [-0.2, -0.15) is 5.10 Å². The van der Waals surface area contributed by atoms with Gasteiger partial charge in [-0.05, 0) is 26.0 Å². The number of furan rings is 1. The molecule has 0 saturated carbocycles. The Balaban J connectivity index is 1.79. The van der Waals surface area contributed by atoms with Gasteiger partial charge in [-0.1, -0.05) is 12.1 Å². The first-order chi connectivity index (χ1) is 11.5. The van der Waals surface area contributed by atoms with E-state index in [2.05, 4.69) is 17.3 Å². The van der Waals surface area contributed by atoms with Gasteiger partial charge in [-0.25, -0.2) is 4.68 Å². The van der Waals surface area contributed by atoms with Gasteiger partial charge in [0.15, 0.2) is 11.3 Å². The van der Waals surface area contributed by atoms with Crippen molar-refractivity contribution in [3.63, 3.8) is 0 Å². The largest absolute Gasteiger partial charge is 0.493 e. The van der Waals surface area contributed by atoms with Crippen molar-refractivity contribution in [3.8, 4) is 11.6 Å². The average Bonchev–Trinajstić information content (AvgIpc) is 3.12. The number of aromatic nitrogens is 2. The van der Waals surface area contributed by atoms with E-state index < -0.39 is 0 Å². The number of para-hydroxylation sites is 1. The third kappa shape index (κ3) is 2.85. The van der Waals surface area contributed by atoms with Crippen LogP contribution in [0.5, 0.6) is 11.6 Å². The number of nitrogens with zero attached hydrogens (tertiary/aromatic N) is 2. The number of benzene rings is 1. The van der Waals surface area contributed by atoms with Crippen LogP contribution >= 0.6 is 0 Å². The lowest BCUT2D eigenvalue weighted by Gasteiger charge is -2.12. The molecular formula is C18H23N3O3. The van der Waals surface area contributed by atoms with Crippen LogP contribution in [-0.4, -0.2) is 24.0 Å². The molecule has 0 spiro atoms. The second kappa shape index (κ2) is 6.57. The van der Waals surface area contributed by atoms with Gasteiger partial charge >= 0.3 is 0 Å². The standard InChI is InChI=1S/C18H23N3O3/c1-11-14(18(23-5)21(3)20-11)10-19-12(2)16-9-13-7-6-8-15(22-4)17(13)24-16/h6-9,12,19H,10H2,1-5H3/t12-/m0/s1. The van der Waals surface area contributed by atoms with Crippen molar-refractivity contribution in [2.24, 2.45) is 7.05 Å². The molecule has 0 aliphatic heterocycles. The molecule has 3 aromatic rings. The van der Waals surface area contributed by atoms with Crippen LogP contribution in [-0.2, 0) is 13.6 Å². The predicted molar refractivity (Wildman–Crippen MR) is 92.5 cm³/mol. The molecule has 0 bridgehead atoms. The summed E-state index contributed by atoms with van der Waals surface area (Å²) in [6, 6.07) is 7.97. The van der Waals surface area contributed by atoms with E-state index in [1.165, 1.54) is 0 Å². The summed E-state index contributed by atoms with van der Waals surface area (Å²) in [6.45, 7) is 4.71. The molecule has 2 aromatic heterocycles. The van der Waals surface area contributed by atoms with Crippen molar-refractivity contribution in [2.75, 3.05) is 14.2 Å². The van der Waals surface area contributed by atoms with E-state index in [1.807, 2.05) is 38.2 Å². The lowest BCUT2D eigenvalue weighted by atomic mass is 10.2. The van der Waals surface area contributed by atoms with Crippen LogP contribution in [0, 0.1) is 6.92 Å². The van der Waals surface area contributed by atoms with Crippen molar-refractivity contribution >= 4 is 11.0 Å². The van der Waals surface area contributed by atoms with Crippen molar-refractivity contribution in [2.45, 2.75) is 26.4 Å². The van der Waals surface area contributed by atoms with Gasteiger partial charge in [-0.15, -0.1) is 0 Å². The summed E-state index contributed by atoms with van der Waals surface area (Å²) in [7, 11) is 5.19. The second-order valence-corrected chi connectivity index (χ2v) is 5.83. The third-order valence-corrected chi connectivity index (χ3v) is 4.24. The SMILES string of the molecule is COc1cccc2cc([C@H](C)NCc3c(C)nn(C)c3OC)oc12. The fourth-order valence-electron chi connectivity index (χ4n) is 2.93. The Morgan fingerprint density at radius 1 is 1.29 bits per heavy atom. The monoisotopic (exact) mass is 329 g/mol. The van der Waals surface area contributed by atoms with E-state index >= 15 is 0 Å². The summed E-state index contributed by atoms with van der Waals surface area (Å²) in [4.78, 5) is 0. The highest BCUT2D eigenvalue weighted by Gasteiger charge is 2.17. The highest BCUT2D eigenvalue weighted by Crippen LogP contribution is 2.31. The first-order valence-corrected chi connectivity index (χ1v) is 7.91. The minimum Gasteiger partial charge on any atom is -0.493 e. The Labute approximate surface area is 141 Å². The fourth-order valence-corrected chi connectivity index (χ4v) is 2.93. The molecule has 24 heavy (non-hydrogen) atoms. The van der Waals surface area contributed by atoms with Gasteiger partial charge in [0.25, 0.3) is 0 Å². The smallest absolute Gasteiger partial charge is 0.216 e. The van der Waals surface area contributed by atoms with Crippen molar-refractivity contribution in [1.29, 1.82) is 0 Å². The number of rotatable bonds is 6. The molecule has 6 nitrogen and oxygen atoms in total. The number of methoxy groups -OCH3 is 2. The summed E-state index contributed by atoms with van der Waals surface area (Å²) in [5.41, 5.74) is 2.79. The molecule has 0 unspecified atom stereocenters. The third-order valence-electron chi connectivity index (χ3n) is 4.24. The summed E-state index contributed by atoms with van der Waals surface area (Å²) < 4.78 is 18.5. The van der Waals surface area contributed by atoms with Crippen LogP contribution in [0.1, 0.15) is 30.0 Å². The molecule has 6 heteroatoms. The van der Waals surface area contributed by atoms with Crippen LogP contribution in [0.4, 0.5) is 0 Å². The fraction of sp³-hybridized carbons (Fsp3) is 0.389. The number of nitrogens with one attached hydrogen (secondary N) is 1. The molecule has 0 aliphatic carbocycles. The van der Waals surface area contributed by atoms with E-state index in [-0.39, 0.29) is 6.04 Å². The molecule has 0 radical (unpaired) electrons.